The highest BCUT2D eigenvalue weighted by atomic mass is 35.5. The van der Waals surface area contributed by atoms with Gasteiger partial charge in [-0.2, -0.15) is 18.3 Å². The summed E-state index contributed by atoms with van der Waals surface area (Å²) in [6.07, 6.45) is -1.41. The summed E-state index contributed by atoms with van der Waals surface area (Å²) in [6, 6.07) is 0.189. The molecule has 8 heteroatoms. The number of rotatable bonds is 3. The summed E-state index contributed by atoms with van der Waals surface area (Å²) in [6.45, 7) is 4.28. The number of aromatic nitrogens is 2. The number of alkyl halides is 3. The Morgan fingerprint density at radius 2 is 2.09 bits per heavy atom. The Hall–Kier alpha value is -1.24. The molecule has 0 unspecified atom stereocenters. The van der Waals surface area contributed by atoms with Gasteiger partial charge < -0.3 is 4.90 Å². The van der Waals surface area contributed by atoms with E-state index in [1.807, 2.05) is 6.92 Å². The van der Waals surface area contributed by atoms with E-state index in [1.54, 1.807) is 4.90 Å². The smallest absolute Gasteiger partial charge is 0.340 e. The third-order valence-corrected chi connectivity index (χ3v) is 4.52. The third-order valence-electron chi connectivity index (χ3n) is 4.06. The molecule has 124 valence electrons. The van der Waals surface area contributed by atoms with Crippen LogP contribution in [0.15, 0.2) is 0 Å². The molecule has 1 aliphatic rings. The van der Waals surface area contributed by atoms with Crippen molar-refractivity contribution in [3.8, 4) is 0 Å². The Bertz CT molecular complexity index is 556. The molecule has 0 aliphatic carbocycles. The van der Waals surface area contributed by atoms with Crippen LogP contribution in [-0.2, 0) is 17.5 Å². The minimum Gasteiger partial charge on any atom is -0.340 e. The number of hydrogen-bond acceptors (Lipinski definition) is 2. The van der Waals surface area contributed by atoms with E-state index in [0.29, 0.717) is 6.54 Å². The van der Waals surface area contributed by atoms with Crippen molar-refractivity contribution in [2.45, 2.75) is 58.3 Å². The van der Waals surface area contributed by atoms with E-state index in [0.717, 1.165) is 23.9 Å². The lowest BCUT2D eigenvalue weighted by Crippen LogP contribution is -2.42. The standard InChI is InChI=1S/C14H19ClF3N3O/c1-9-5-3-4-7-20(9)11(22)6-8-21-10(2)12(15)13(19-21)14(16,17)18/h9H,3-8H2,1-2H3/t9-/m0/s1. The van der Waals surface area contributed by atoms with Crippen LogP contribution in [0.3, 0.4) is 0 Å². The predicted molar refractivity (Wildman–Crippen MR) is 76.6 cm³/mol. The SMILES string of the molecule is Cc1c(Cl)c(C(F)(F)F)nn1CCC(=O)N1CCCC[C@@H]1C. The van der Waals surface area contributed by atoms with Crippen LogP contribution < -0.4 is 0 Å². The molecule has 1 fully saturated rings. The van der Waals surface area contributed by atoms with Crippen molar-refractivity contribution in [3.63, 3.8) is 0 Å². The molecule has 1 amide bonds. The first kappa shape index (κ1) is 17.1. The zero-order valence-corrected chi connectivity index (χ0v) is 13.3. The van der Waals surface area contributed by atoms with Crippen LogP contribution in [0.1, 0.15) is 44.0 Å². The van der Waals surface area contributed by atoms with Gasteiger partial charge >= 0.3 is 6.18 Å². The Morgan fingerprint density at radius 3 is 2.64 bits per heavy atom. The largest absolute Gasteiger partial charge is 0.436 e. The first-order valence-corrected chi connectivity index (χ1v) is 7.69. The Kier molecular flexibility index (Phi) is 5.04. The Balaban J connectivity index is 2.04. The maximum atomic E-state index is 12.7. The van der Waals surface area contributed by atoms with Crippen LogP contribution in [0.4, 0.5) is 13.2 Å². The van der Waals surface area contributed by atoms with Gasteiger partial charge in [0, 0.05) is 19.0 Å². The van der Waals surface area contributed by atoms with Gasteiger partial charge in [0.25, 0.3) is 0 Å². The zero-order valence-electron chi connectivity index (χ0n) is 12.6. The summed E-state index contributed by atoms with van der Waals surface area (Å²) in [7, 11) is 0. The molecule has 1 aromatic rings. The highest BCUT2D eigenvalue weighted by molar-refractivity contribution is 6.31. The number of likely N-dealkylation sites (tertiary alicyclic amines) is 1. The summed E-state index contributed by atoms with van der Waals surface area (Å²) in [5.74, 6) is -0.0493. The van der Waals surface area contributed by atoms with Gasteiger partial charge in [0.2, 0.25) is 5.91 Å². The first-order valence-electron chi connectivity index (χ1n) is 7.31. The second-order valence-corrected chi connectivity index (χ2v) is 6.03. The van der Waals surface area contributed by atoms with Crippen molar-refractivity contribution in [1.29, 1.82) is 0 Å². The molecular formula is C14H19ClF3N3O. The number of aryl methyl sites for hydroxylation is 1. The third kappa shape index (κ3) is 3.56. The first-order chi connectivity index (χ1) is 10.2. The van der Waals surface area contributed by atoms with Crippen molar-refractivity contribution in [1.82, 2.24) is 14.7 Å². The average Bonchev–Trinajstić information content (AvgIpc) is 2.73. The Labute approximate surface area is 132 Å². The van der Waals surface area contributed by atoms with Crippen LogP contribution in [0.25, 0.3) is 0 Å². The van der Waals surface area contributed by atoms with Crippen molar-refractivity contribution in [2.24, 2.45) is 0 Å². The van der Waals surface area contributed by atoms with Gasteiger partial charge in [0.15, 0.2) is 5.69 Å². The number of carbonyl (C=O) groups excluding carboxylic acids is 1. The molecule has 1 atom stereocenters. The lowest BCUT2D eigenvalue weighted by atomic mass is 10.0. The summed E-state index contributed by atoms with van der Waals surface area (Å²) >= 11 is 5.69. The fourth-order valence-corrected chi connectivity index (χ4v) is 2.98. The Morgan fingerprint density at radius 1 is 1.41 bits per heavy atom. The van der Waals surface area contributed by atoms with Crippen LogP contribution in [-0.4, -0.2) is 33.2 Å². The molecule has 1 aliphatic heterocycles. The molecule has 0 bridgehead atoms. The molecule has 0 N–H and O–H groups in total. The number of nitrogens with zero attached hydrogens (tertiary/aromatic N) is 3. The number of amides is 1. The molecular weight excluding hydrogens is 319 g/mol. The maximum Gasteiger partial charge on any atom is 0.436 e. The van der Waals surface area contributed by atoms with E-state index in [-0.39, 0.29) is 30.6 Å². The second-order valence-electron chi connectivity index (χ2n) is 5.65. The van der Waals surface area contributed by atoms with Crippen LogP contribution in [0.5, 0.6) is 0 Å². The fraction of sp³-hybridized carbons (Fsp3) is 0.714. The second kappa shape index (κ2) is 6.48. The molecule has 4 nitrogen and oxygen atoms in total. The summed E-state index contributed by atoms with van der Waals surface area (Å²) in [5.41, 5.74) is -0.862. The normalized spacial score (nSPS) is 19.5. The molecule has 1 aromatic heterocycles. The van der Waals surface area contributed by atoms with E-state index in [1.165, 1.54) is 6.92 Å². The van der Waals surface area contributed by atoms with Crippen LogP contribution in [0.2, 0.25) is 5.02 Å². The van der Waals surface area contributed by atoms with Crippen molar-refractivity contribution < 1.29 is 18.0 Å². The molecule has 2 rings (SSSR count). The van der Waals surface area contributed by atoms with Gasteiger partial charge in [0.05, 0.1) is 17.3 Å². The van der Waals surface area contributed by atoms with Crippen molar-refractivity contribution in [2.75, 3.05) is 6.54 Å². The fourth-order valence-electron chi connectivity index (χ4n) is 2.74. The van der Waals surface area contributed by atoms with Gasteiger partial charge in [-0.3, -0.25) is 9.48 Å². The molecule has 0 radical (unpaired) electrons. The number of carbonyl (C=O) groups is 1. The lowest BCUT2D eigenvalue weighted by molar-refractivity contribution is -0.141. The molecule has 2 heterocycles. The van der Waals surface area contributed by atoms with Gasteiger partial charge in [-0.05, 0) is 33.1 Å². The van der Waals surface area contributed by atoms with E-state index in [9.17, 15) is 18.0 Å². The lowest BCUT2D eigenvalue weighted by Gasteiger charge is -2.33. The number of piperidine rings is 1. The summed E-state index contributed by atoms with van der Waals surface area (Å²) < 4.78 is 39.4. The molecule has 1 saturated heterocycles. The topological polar surface area (TPSA) is 38.1 Å². The summed E-state index contributed by atoms with van der Waals surface area (Å²) in [4.78, 5) is 14.0. The van der Waals surface area contributed by atoms with Crippen LogP contribution >= 0.6 is 11.6 Å². The summed E-state index contributed by atoms with van der Waals surface area (Å²) in [5, 5.41) is 3.11. The monoisotopic (exact) mass is 337 g/mol. The van der Waals surface area contributed by atoms with E-state index < -0.39 is 16.9 Å². The molecule has 0 spiro atoms. The zero-order chi connectivity index (χ0) is 16.5. The molecule has 0 saturated carbocycles. The highest BCUT2D eigenvalue weighted by Gasteiger charge is 2.38. The van der Waals surface area contributed by atoms with E-state index in [2.05, 4.69) is 5.10 Å². The van der Waals surface area contributed by atoms with Gasteiger partial charge in [0.1, 0.15) is 0 Å². The average molecular weight is 338 g/mol. The van der Waals surface area contributed by atoms with Crippen LogP contribution in [0, 0.1) is 6.92 Å². The molecule has 0 aromatic carbocycles. The predicted octanol–water partition coefficient (Wildman–Crippen LogP) is 3.65. The molecule has 22 heavy (non-hydrogen) atoms. The van der Waals surface area contributed by atoms with E-state index >= 15 is 0 Å². The van der Waals surface area contributed by atoms with E-state index in [4.69, 9.17) is 11.6 Å². The van der Waals surface area contributed by atoms with Crippen molar-refractivity contribution in [3.05, 3.63) is 16.4 Å². The quantitative estimate of drug-likeness (QED) is 0.844. The highest BCUT2D eigenvalue weighted by Crippen LogP contribution is 2.35. The van der Waals surface area contributed by atoms with Crippen molar-refractivity contribution >= 4 is 17.5 Å². The van der Waals surface area contributed by atoms with Gasteiger partial charge in [-0.1, -0.05) is 11.6 Å². The minimum atomic E-state index is -4.58. The van der Waals surface area contributed by atoms with Gasteiger partial charge in [-0.25, -0.2) is 0 Å². The van der Waals surface area contributed by atoms with Gasteiger partial charge in [-0.15, -0.1) is 0 Å². The number of hydrogen-bond donors (Lipinski definition) is 0. The maximum absolute atomic E-state index is 12.7. The minimum absolute atomic E-state index is 0.0493. The number of halogens is 4.